The van der Waals surface area contributed by atoms with Crippen molar-refractivity contribution in [3.8, 4) is 0 Å². The molecule has 3 rings (SSSR count). The zero-order valence-corrected chi connectivity index (χ0v) is 23.4. The SMILES string of the molecule is CC.CS(=O)(=O)O.CS(=O)(=O)O.Cc1ccc(C(C)(C)c2ccccc2)cc1C(=O)c1ccccc1. The van der Waals surface area contributed by atoms with Gasteiger partial charge in [-0.1, -0.05) is 100 Å². The van der Waals surface area contributed by atoms with Crippen LogP contribution in [0, 0.1) is 6.92 Å². The zero-order chi connectivity index (χ0) is 28.2. The summed E-state index contributed by atoms with van der Waals surface area (Å²) in [7, 11) is -7.33. The van der Waals surface area contributed by atoms with E-state index in [0.717, 1.165) is 22.3 Å². The predicted octanol–water partition coefficient (Wildman–Crippen LogP) is 5.59. The lowest BCUT2D eigenvalue weighted by atomic mass is 9.77. The van der Waals surface area contributed by atoms with Gasteiger partial charge in [0.2, 0.25) is 0 Å². The Kier molecular flexibility index (Phi) is 13.5. The Morgan fingerprint density at radius 3 is 1.50 bits per heavy atom. The molecule has 2 N–H and O–H groups in total. The maximum Gasteiger partial charge on any atom is 0.261 e. The summed E-state index contributed by atoms with van der Waals surface area (Å²) >= 11 is 0. The van der Waals surface area contributed by atoms with Gasteiger partial charge >= 0.3 is 0 Å². The van der Waals surface area contributed by atoms with Crippen molar-refractivity contribution < 1.29 is 30.7 Å². The van der Waals surface area contributed by atoms with Gasteiger partial charge in [-0.25, -0.2) is 0 Å². The summed E-state index contributed by atoms with van der Waals surface area (Å²) in [6, 6.07) is 26.1. The first kappa shape index (κ1) is 33.1. The molecular formula is C27H36O7S2. The number of aryl methyl sites for hydroxylation is 1. The third kappa shape index (κ3) is 13.3. The fraction of sp³-hybridized carbons (Fsp3) is 0.296. The first-order valence-corrected chi connectivity index (χ1v) is 14.8. The largest absolute Gasteiger partial charge is 0.289 e. The normalized spacial score (nSPS) is 10.9. The van der Waals surface area contributed by atoms with Crippen LogP contribution in [0.25, 0.3) is 0 Å². The molecule has 0 aliphatic carbocycles. The Morgan fingerprint density at radius 2 is 1.08 bits per heavy atom. The molecule has 0 aliphatic rings. The molecule has 0 amide bonds. The highest BCUT2D eigenvalue weighted by Gasteiger charge is 2.24. The Morgan fingerprint density at radius 1 is 0.694 bits per heavy atom. The molecule has 0 spiro atoms. The lowest BCUT2D eigenvalue weighted by Gasteiger charge is -2.27. The van der Waals surface area contributed by atoms with Gasteiger partial charge in [0.05, 0.1) is 12.5 Å². The molecule has 3 aromatic carbocycles. The summed E-state index contributed by atoms with van der Waals surface area (Å²) < 4.78 is 51.7. The molecule has 0 saturated carbocycles. The van der Waals surface area contributed by atoms with Gasteiger partial charge in [0.25, 0.3) is 20.2 Å². The van der Waals surface area contributed by atoms with Crippen molar-refractivity contribution in [3.05, 3.63) is 107 Å². The minimum Gasteiger partial charge on any atom is -0.289 e. The lowest BCUT2D eigenvalue weighted by Crippen LogP contribution is -2.19. The summed E-state index contributed by atoms with van der Waals surface area (Å²) in [5.41, 5.74) is 4.76. The molecule has 9 heteroatoms. The third-order valence-corrected chi connectivity index (χ3v) is 4.74. The average molecular weight is 537 g/mol. The first-order chi connectivity index (χ1) is 16.5. The third-order valence-electron chi connectivity index (χ3n) is 4.74. The van der Waals surface area contributed by atoms with E-state index in [4.69, 9.17) is 9.11 Å². The Labute approximate surface area is 215 Å². The second-order valence-corrected chi connectivity index (χ2v) is 11.1. The van der Waals surface area contributed by atoms with Gasteiger partial charge in [0, 0.05) is 16.5 Å². The second kappa shape index (κ2) is 14.6. The highest BCUT2D eigenvalue weighted by atomic mass is 32.2. The molecule has 0 atom stereocenters. The van der Waals surface area contributed by atoms with E-state index >= 15 is 0 Å². The van der Waals surface area contributed by atoms with E-state index in [2.05, 4.69) is 56.3 Å². The van der Waals surface area contributed by atoms with Crippen molar-refractivity contribution in [2.45, 2.75) is 40.0 Å². The summed E-state index contributed by atoms with van der Waals surface area (Å²) in [5, 5.41) is 0. The minimum absolute atomic E-state index is 0.0822. The molecule has 0 saturated heterocycles. The standard InChI is InChI=1S/C23H22O.C2H6.2CH4O3S/c1-17-14-15-20(23(2,3)19-12-8-5-9-13-19)16-21(17)22(24)18-10-6-4-7-11-18;1-2;2*1-5(2,3)4/h4-16H,1-3H3;1-2H3;2*1H3,(H,2,3,4). The van der Waals surface area contributed by atoms with Crippen LogP contribution in [0.3, 0.4) is 0 Å². The van der Waals surface area contributed by atoms with E-state index in [1.807, 2.05) is 57.2 Å². The number of carbonyl (C=O) groups is 1. The van der Waals surface area contributed by atoms with E-state index in [9.17, 15) is 21.6 Å². The van der Waals surface area contributed by atoms with Crippen LogP contribution in [0.4, 0.5) is 0 Å². The summed E-state index contributed by atoms with van der Waals surface area (Å²) in [4.78, 5) is 12.9. The van der Waals surface area contributed by atoms with Gasteiger partial charge in [-0.15, -0.1) is 0 Å². The molecular weight excluding hydrogens is 500 g/mol. The van der Waals surface area contributed by atoms with E-state index in [-0.39, 0.29) is 11.2 Å². The van der Waals surface area contributed by atoms with Crippen molar-refractivity contribution in [1.29, 1.82) is 0 Å². The van der Waals surface area contributed by atoms with E-state index in [1.165, 1.54) is 5.56 Å². The van der Waals surface area contributed by atoms with Crippen molar-refractivity contribution >= 4 is 26.0 Å². The maximum absolute atomic E-state index is 12.9. The number of benzene rings is 3. The number of carbonyl (C=O) groups excluding carboxylic acids is 1. The Bertz CT molecular complexity index is 1250. The van der Waals surface area contributed by atoms with Gasteiger partial charge in [-0.2, -0.15) is 16.8 Å². The van der Waals surface area contributed by atoms with E-state index in [0.29, 0.717) is 12.5 Å². The van der Waals surface area contributed by atoms with Crippen molar-refractivity contribution in [2.24, 2.45) is 0 Å². The lowest BCUT2D eigenvalue weighted by molar-refractivity contribution is 0.103. The van der Waals surface area contributed by atoms with Gasteiger partial charge in [0.15, 0.2) is 5.78 Å². The van der Waals surface area contributed by atoms with Crippen LogP contribution in [0.15, 0.2) is 78.9 Å². The molecule has 0 unspecified atom stereocenters. The van der Waals surface area contributed by atoms with Crippen molar-refractivity contribution in [2.75, 3.05) is 12.5 Å². The quantitative estimate of drug-likeness (QED) is 0.329. The molecule has 198 valence electrons. The minimum atomic E-state index is -3.67. The Balaban J connectivity index is 0.000000859. The summed E-state index contributed by atoms with van der Waals surface area (Å²) in [6.07, 6.45) is 1.43. The fourth-order valence-electron chi connectivity index (χ4n) is 3.02. The van der Waals surface area contributed by atoms with Gasteiger partial charge in [0.1, 0.15) is 0 Å². The van der Waals surface area contributed by atoms with Gasteiger partial charge in [-0.3, -0.25) is 13.9 Å². The average Bonchev–Trinajstić information content (AvgIpc) is 2.79. The molecule has 0 aliphatic heterocycles. The van der Waals surface area contributed by atoms with E-state index < -0.39 is 20.2 Å². The number of hydrogen-bond acceptors (Lipinski definition) is 5. The zero-order valence-electron chi connectivity index (χ0n) is 21.8. The molecule has 36 heavy (non-hydrogen) atoms. The molecule has 0 bridgehead atoms. The Hall–Kier alpha value is -2.85. The number of ketones is 1. The van der Waals surface area contributed by atoms with Crippen LogP contribution >= 0.6 is 0 Å². The van der Waals surface area contributed by atoms with E-state index in [1.54, 1.807) is 0 Å². The van der Waals surface area contributed by atoms with Crippen LogP contribution in [0.5, 0.6) is 0 Å². The molecule has 0 heterocycles. The highest BCUT2D eigenvalue weighted by Crippen LogP contribution is 2.32. The second-order valence-electron chi connectivity index (χ2n) is 8.18. The van der Waals surface area contributed by atoms with Crippen molar-refractivity contribution in [3.63, 3.8) is 0 Å². The molecule has 0 fully saturated rings. The monoisotopic (exact) mass is 536 g/mol. The van der Waals surface area contributed by atoms with Crippen LogP contribution < -0.4 is 0 Å². The fourth-order valence-corrected chi connectivity index (χ4v) is 3.02. The number of rotatable bonds is 4. The molecule has 0 aromatic heterocycles. The highest BCUT2D eigenvalue weighted by molar-refractivity contribution is 7.85. The molecule has 7 nitrogen and oxygen atoms in total. The van der Waals surface area contributed by atoms with Crippen LogP contribution in [0.2, 0.25) is 0 Å². The number of hydrogen-bond donors (Lipinski definition) is 2. The van der Waals surface area contributed by atoms with Gasteiger partial charge < -0.3 is 0 Å². The van der Waals surface area contributed by atoms with Crippen LogP contribution in [-0.4, -0.2) is 44.2 Å². The molecule has 3 aromatic rings. The van der Waals surface area contributed by atoms with Gasteiger partial charge in [-0.05, 0) is 29.7 Å². The summed E-state index contributed by atoms with van der Waals surface area (Å²) in [6.45, 7) is 10.4. The maximum atomic E-state index is 12.9. The topological polar surface area (TPSA) is 126 Å². The first-order valence-electron chi connectivity index (χ1n) is 11.1. The smallest absolute Gasteiger partial charge is 0.261 e. The van der Waals surface area contributed by atoms with Crippen molar-refractivity contribution in [1.82, 2.24) is 0 Å². The van der Waals surface area contributed by atoms with Crippen LogP contribution in [-0.2, 0) is 25.7 Å². The summed E-state index contributed by atoms with van der Waals surface area (Å²) in [5.74, 6) is 0.0822. The van der Waals surface area contributed by atoms with Crippen LogP contribution in [0.1, 0.15) is 60.3 Å². The molecule has 0 radical (unpaired) electrons. The predicted molar refractivity (Wildman–Crippen MR) is 146 cm³/mol.